The van der Waals surface area contributed by atoms with E-state index in [1.165, 1.54) is 13.2 Å². The van der Waals surface area contributed by atoms with Gasteiger partial charge in [0.05, 0.1) is 7.11 Å². The van der Waals surface area contributed by atoms with Crippen LogP contribution in [0.3, 0.4) is 0 Å². The van der Waals surface area contributed by atoms with Gasteiger partial charge in [-0.2, -0.15) is 0 Å². The number of hydrogen-bond donors (Lipinski definition) is 1. The second-order valence-corrected chi connectivity index (χ2v) is 5.49. The Kier molecular flexibility index (Phi) is 4.83. The Labute approximate surface area is 124 Å². The van der Waals surface area contributed by atoms with Crippen molar-refractivity contribution < 1.29 is 18.7 Å². The highest BCUT2D eigenvalue weighted by atomic mass is 19.1. The molecule has 0 spiro atoms. The molecule has 0 aromatic heterocycles. The van der Waals surface area contributed by atoms with Crippen LogP contribution in [0.4, 0.5) is 4.39 Å². The van der Waals surface area contributed by atoms with Crippen molar-refractivity contribution in [2.75, 3.05) is 20.3 Å². The molecule has 1 aromatic rings. The molecule has 1 aliphatic rings. The van der Waals surface area contributed by atoms with E-state index in [2.05, 4.69) is 5.32 Å². The number of carbonyl (C=O) groups excluding carboxylic acids is 1. The fourth-order valence-electron chi connectivity index (χ4n) is 2.60. The number of carbonyl (C=O) groups is 1. The standard InChI is InChI=1S/C16H22FNO3/c1-4-18-16(12-6-7-12,15(19)20-3)10-21-14-9-11(2)5-8-13(14)17/h5,8-9,12,18H,4,6-7,10H2,1-3H3. The van der Waals surface area contributed by atoms with Crippen LogP contribution in [0, 0.1) is 18.7 Å². The Bertz CT molecular complexity index is 516. The highest BCUT2D eigenvalue weighted by Gasteiger charge is 2.52. The molecule has 1 atom stereocenters. The van der Waals surface area contributed by atoms with Crippen molar-refractivity contribution in [3.63, 3.8) is 0 Å². The van der Waals surface area contributed by atoms with Crippen molar-refractivity contribution in [1.29, 1.82) is 0 Å². The number of ether oxygens (including phenoxy) is 2. The Morgan fingerprint density at radius 2 is 2.19 bits per heavy atom. The van der Waals surface area contributed by atoms with Crippen molar-refractivity contribution in [2.24, 2.45) is 5.92 Å². The summed E-state index contributed by atoms with van der Waals surface area (Å²) in [6.45, 7) is 4.47. The lowest BCUT2D eigenvalue weighted by Crippen LogP contribution is -2.58. The van der Waals surface area contributed by atoms with Crippen molar-refractivity contribution in [1.82, 2.24) is 5.32 Å². The number of aryl methyl sites for hydroxylation is 1. The van der Waals surface area contributed by atoms with E-state index in [4.69, 9.17) is 9.47 Å². The topological polar surface area (TPSA) is 47.6 Å². The molecule has 5 heteroatoms. The lowest BCUT2D eigenvalue weighted by molar-refractivity contribution is -0.151. The molecule has 0 radical (unpaired) electrons. The normalized spacial score (nSPS) is 17.1. The van der Waals surface area contributed by atoms with Gasteiger partial charge in [-0.3, -0.25) is 5.32 Å². The van der Waals surface area contributed by atoms with E-state index in [0.717, 1.165) is 18.4 Å². The van der Waals surface area contributed by atoms with Gasteiger partial charge in [-0.1, -0.05) is 13.0 Å². The van der Waals surface area contributed by atoms with Gasteiger partial charge in [0, 0.05) is 0 Å². The largest absolute Gasteiger partial charge is 0.488 e. The summed E-state index contributed by atoms with van der Waals surface area (Å²) in [5.74, 6) is -0.425. The van der Waals surface area contributed by atoms with Crippen LogP contribution >= 0.6 is 0 Å². The first-order valence-corrected chi connectivity index (χ1v) is 7.26. The zero-order chi connectivity index (χ0) is 15.5. The van der Waals surface area contributed by atoms with E-state index < -0.39 is 11.4 Å². The quantitative estimate of drug-likeness (QED) is 0.785. The maximum Gasteiger partial charge on any atom is 0.329 e. The maximum atomic E-state index is 13.8. The molecule has 4 nitrogen and oxygen atoms in total. The van der Waals surface area contributed by atoms with E-state index in [1.807, 2.05) is 13.8 Å². The van der Waals surface area contributed by atoms with Crippen LogP contribution in [0.25, 0.3) is 0 Å². The number of benzene rings is 1. The Balaban J connectivity index is 2.18. The molecule has 21 heavy (non-hydrogen) atoms. The molecule has 1 unspecified atom stereocenters. The fraction of sp³-hybridized carbons (Fsp3) is 0.562. The van der Waals surface area contributed by atoms with Gasteiger partial charge in [-0.05, 0) is 49.9 Å². The van der Waals surface area contributed by atoms with Gasteiger partial charge in [0.2, 0.25) is 0 Å². The number of nitrogens with one attached hydrogen (secondary N) is 1. The van der Waals surface area contributed by atoms with Gasteiger partial charge in [-0.15, -0.1) is 0 Å². The predicted molar refractivity (Wildman–Crippen MR) is 77.8 cm³/mol. The van der Waals surface area contributed by atoms with E-state index in [9.17, 15) is 9.18 Å². The zero-order valence-corrected chi connectivity index (χ0v) is 12.7. The lowest BCUT2D eigenvalue weighted by Gasteiger charge is -2.31. The van der Waals surface area contributed by atoms with Crippen molar-refractivity contribution in [3.05, 3.63) is 29.6 Å². The molecule has 1 N–H and O–H groups in total. The van der Waals surface area contributed by atoms with Crippen LogP contribution in [-0.4, -0.2) is 31.8 Å². The minimum atomic E-state index is -0.889. The van der Waals surface area contributed by atoms with E-state index in [1.54, 1.807) is 12.1 Å². The van der Waals surface area contributed by atoms with E-state index in [-0.39, 0.29) is 24.2 Å². The monoisotopic (exact) mass is 295 g/mol. The van der Waals surface area contributed by atoms with Crippen molar-refractivity contribution >= 4 is 5.97 Å². The molecule has 1 saturated carbocycles. The molecule has 1 fully saturated rings. The van der Waals surface area contributed by atoms with Gasteiger partial charge in [-0.25, -0.2) is 9.18 Å². The second-order valence-electron chi connectivity index (χ2n) is 5.49. The van der Waals surface area contributed by atoms with E-state index in [0.29, 0.717) is 6.54 Å². The number of esters is 1. The van der Waals surface area contributed by atoms with E-state index >= 15 is 0 Å². The zero-order valence-electron chi connectivity index (χ0n) is 12.7. The van der Waals surface area contributed by atoms with Crippen LogP contribution < -0.4 is 10.1 Å². The van der Waals surface area contributed by atoms with Crippen LogP contribution in [0.5, 0.6) is 5.75 Å². The van der Waals surface area contributed by atoms with Crippen molar-refractivity contribution in [3.8, 4) is 5.75 Å². The first-order chi connectivity index (χ1) is 10.0. The number of methoxy groups -OCH3 is 1. The molecule has 116 valence electrons. The minimum Gasteiger partial charge on any atom is -0.488 e. The SMILES string of the molecule is CCNC(COc1cc(C)ccc1F)(C(=O)OC)C1CC1. The minimum absolute atomic E-state index is 0.0680. The van der Waals surface area contributed by atoms with Crippen LogP contribution in [-0.2, 0) is 9.53 Å². The molecule has 0 bridgehead atoms. The molecule has 0 amide bonds. The first kappa shape index (κ1) is 15.8. The summed E-state index contributed by atoms with van der Waals surface area (Å²) < 4.78 is 24.3. The van der Waals surface area contributed by atoms with Crippen molar-refractivity contribution in [2.45, 2.75) is 32.2 Å². The Morgan fingerprint density at radius 1 is 1.48 bits per heavy atom. The van der Waals surface area contributed by atoms with Crippen LogP contribution in [0.1, 0.15) is 25.3 Å². The fourth-order valence-corrected chi connectivity index (χ4v) is 2.60. The smallest absolute Gasteiger partial charge is 0.329 e. The molecule has 1 aliphatic carbocycles. The number of rotatable bonds is 7. The lowest BCUT2D eigenvalue weighted by atomic mass is 9.94. The van der Waals surface area contributed by atoms with Crippen LogP contribution in [0.15, 0.2) is 18.2 Å². The summed E-state index contributed by atoms with van der Waals surface area (Å²) in [6, 6.07) is 4.69. The highest BCUT2D eigenvalue weighted by Crippen LogP contribution is 2.41. The molecule has 0 saturated heterocycles. The molecule has 2 rings (SSSR count). The molecular weight excluding hydrogens is 273 g/mol. The number of likely N-dealkylation sites (N-methyl/N-ethyl adjacent to an activating group) is 1. The number of halogens is 1. The molecule has 0 heterocycles. The summed E-state index contributed by atoms with van der Waals surface area (Å²) >= 11 is 0. The Morgan fingerprint density at radius 3 is 2.76 bits per heavy atom. The summed E-state index contributed by atoms with van der Waals surface area (Å²) in [7, 11) is 1.37. The number of hydrogen-bond acceptors (Lipinski definition) is 4. The van der Waals surface area contributed by atoms with Gasteiger partial charge in [0.1, 0.15) is 6.61 Å². The summed E-state index contributed by atoms with van der Waals surface area (Å²) in [5, 5.41) is 3.19. The first-order valence-electron chi connectivity index (χ1n) is 7.26. The molecule has 0 aliphatic heterocycles. The Hall–Kier alpha value is -1.62. The van der Waals surface area contributed by atoms with Gasteiger partial charge >= 0.3 is 5.97 Å². The van der Waals surface area contributed by atoms with Gasteiger partial charge < -0.3 is 9.47 Å². The molecular formula is C16H22FNO3. The third-order valence-electron chi connectivity index (χ3n) is 3.86. The van der Waals surface area contributed by atoms with Gasteiger partial charge in [0.15, 0.2) is 17.1 Å². The summed E-state index contributed by atoms with van der Waals surface area (Å²) in [5.41, 5.74) is 0.0182. The predicted octanol–water partition coefficient (Wildman–Crippen LogP) is 2.44. The highest BCUT2D eigenvalue weighted by molar-refractivity contribution is 5.82. The summed E-state index contributed by atoms with van der Waals surface area (Å²) in [6.07, 6.45) is 1.89. The maximum absolute atomic E-state index is 13.8. The third-order valence-corrected chi connectivity index (χ3v) is 3.86. The average Bonchev–Trinajstić information content (AvgIpc) is 3.31. The van der Waals surface area contributed by atoms with Crippen LogP contribution in [0.2, 0.25) is 0 Å². The molecule has 1 aromatic carbocycles. The average molecular weight is 295 g/mol. The third kappa shape index (κ3) is 3.35. The summed E-state index contributed by atoms with van der Waals surface area (Å²) in [4.78, 5) is 12.2. The van der Waals surface area contributed by atoms with Gasteiger partial charge in [0.25, 0.3) is 0 Å². The second kappa shape index (κ2) is 6.43.